The summed E-state index contributed by atoms with van der Waals surface area (Å²) in [6.45, 7) is 0.657. The van der Waals surface area contributed by atoms with Crippen LogP contribution in [0.5, 0.6) is 0 Å². The third-order valence-electron chi connectivity index (χ3n) is 6.53. The Hall–Kier alpha value is -1.59. The smallest absolute Gasteiger partial charge is 0.251 e. The minimum Gasteiger partial charge on any atom is -0.380 e. The fraction of sp³-hybridized carbons (Fsp3) is 0.524. The average Bonchev–Trinajstić information content (AvgIpc) is 3.04. The molecule has 0 atom stereocenters. The van der Waals surface area contributed by atoms with Gasteiger partial charge in [0.2, 0.25) is 0 Å². The van der Waals surface area contributed by atoms with Gasteiger partial charge in [0.05, 0.1) is 6.54 Å². The van der Waals surface area contributed by atoms with E-state index in [1.165, 1.54) is 49.9 Å². The number of aromatic nitrogens is 1. The normalized spacial score (nSPS) is 31.1. The number of hydrogen-bond acceptors (Lipinski definition) is 4. The van der Waals surface area contributed by atoms with Crippen molar-refractivity contribution >= 4 is 34.5 Å². The Balaban J connectivity index is 1.26. The Labute approximate surface area is 168 Å². The zero-order valence-corrected chi connectivity index (χ0v) is 16.8. The number of anilines is 1. The Morgan fingerprint density at radius 2 is 1.89 bits per heavy atom. The van der Waals surface area contributed by atoms with Crippen LogP contribution < -0.4 is 10.6 Å². The lowest BCUT2D eigenvalue weighted by atomic mass is 9.53. The highest BCUT2D eigenvalue weighted by Gasteiger charge is 2.51. The lowest BCUT2D eigenvalue weighted by Gasteiger charge is -2.56. The van der Waals surface area contributed by atoms with Gasteiger partial charge in [0.1, 0.15) is 0 Å². The molecular weight excluding hydrogens is 378 g/mol. The van der Waals surface area contributed by atoms with Gasteiger partial charge in [-0.2, -0.15) is 0 Å². The van der Waals surface area contributed by atoms with E-state index >= 15 is 0 Å². The number of carbonyl (C=O) groups is 1. The van der Waals surface area contributed by atoms with Crippen LogP contribution in [0.15, 0.2) is 30.5 Å². The predicted octanol–water partition coefficient (Wildman–Crippen LogP) is 5.11. The minimum absolute atomic E-state index is 0.0503. The van der Waals surface area contributed by atoms with E-state index in [9.17, 15) is 4.79 Å². The number of benzene rings is 1. The number of thiazole rings is 1. The number of nitrogens with zero attached hydrogens (tertiary/aromatic N) is 1. The van der Waals surface area contributed by atoms with Gasteiger partial charge >= 0.3 is 0 Å². The van der Waals surface area contributed by atoms with E-state index in [0.717, 1.165) is 33.9 Å². The van der Waals surface area contributed by atoms with Crippen LogP contribution in [0.4, 0.5) is 5.69 Å². The highest BCUT2D eigenvalue weighted by atomic mass is 35.5. The molecule has 0 spiro atoms. The van der Waals surface area contributed by atoms with Crippen LogP contribution in [0.2, 0.25) is 4.47 Å². The van der Waals surface area contributed by atoms with Gasteiger partial charge in [0, 0.05) is 27.9 Å². The summed E-state index contributed by atoms with van der Waals surface area (Å²) in [5.74, 6) is 2.56. The lowest BCUT2D eigenvalue weighted by Crippen LogP contribution is -2.59. The summed E-state index contributed by atoms with van der Waals surface area (Å²) in [5.41, 5.74) is 1.73. The Morgan fingerprint density at radius 1 is 1.19 bits per heavy atom. The Morgan fingerprint density at radius 3 is 2.52 bits per heavy atom. The number of amides is 1. The second-order valence-corrected chi connectivity index (χ2v) is 10.4. The fourth-order valence-electron chi connectivity index (χ4n) is 5.90. The summed E-state index contributed by atoms with van der Waals surface area (Å²) in [6.07, 6.45) is 9.46. The van der Waals surface area contributed by atoms with Crippen LogP contribution in [0.25, 0.3) is 0 Å². The van der Waals surface area contributed by atoms with Crippen LogP contribution in [0.3, 0.4) is 0 Å². The monoisotopic (exact) mass is 401 g/mol. The molecule has 4 bridgehead atoms. The highest BCUT2D eigenvalue weighted by molar-refractivity contribution is 7.15. The number of hydrogen-bond donors (Lipinski definition) is 2. The largest absolute Gasteiger partial charge is 0.380 e. The maximum atomic E-state index is 13.0. The van der Waals surface area contributed by atoms with Crippen molar-refractivity contribution in [2.45, 2.75) is 50.6 Å². The first-order valence-electron chi connectivity index (χ1n) is 9.84. The van der Waals surface area contributed by atoms with Crippen molar-refractivity contribution < 1.29 is 4.79 Å². The first-order valence-corrected chi connectivity index (χ1v) is 11.0. The van der Waals surface area contributed by atoms with Crippen LogP contribution in [0, 0.1) is 17.8 Å². The first kappa shape index (κ1) is 17.5. The van der Waals surface area contributed by atoms with E-state index < -0.39 is 0 Å². The molecule has 4 aliphatic carbocycles. The molecule has 6 heteroatoms. The van der Waals surface area contributed by atoms with Gasteiger partial charge in [-0.25, -0.2) is 4.98 Å². The molecule has 1 heterocycles. The van der Waals surface area contributed by atoms with Crippen molar-refractivity contribution in [2.75, 3.05) is 5.32 Å². The van der Waals surface area contributed by atoms with Crippen molar-refractivity contribution in [3.05, 3.63) is 45.4 Å². The van der Waals surface area contributed by atoms with Gasteiger partial charge in [0.25, 0.3) is 5.91 Å². The zero-order chi connectivity index (χ0) is 18.4. The molecular formula is C21H24ClN3OS. The quantitative estimate of drug-likeness (QED) is 0.732. The zero-order valence-electron chi connectivity index (χ0n) is 15.2. The fourth-order valence-corrected chi connectivity index (χ4v) is 6.82. The number of carbonyl (C=O) groups excluding carboxylic acids is 1. The van der Waals surface area contributed by atoms with E-state index in [1.807, 2.05) is 24.3 Å². The lowest BCUT2D eigenvalue weighted by molar-refractivity contribution is -0.0167. The van der Waals surface area contributed by atoms with Gasteiger partial charge in [-0.15, -0.1) is 11.3 Å². The number of nitrogens with one attached hydrogen (secondary N) is 2. The molecule has 1 amide bonds. The molecule has 4 fully saturated rings. The minimum atomic E-state index is 0.0503. The molecule has 6 rings (SSSR count). The third kappa shape index (κ3) is 3.59. The van der Waals surface area contributed by atoms with Gasteiger partial charge in [0.15, 0.2) is 4.47 Å². The number of halogens is 1. The van der Waals surface area contributed by atoms with Crippen molar-refractivity contribution in [2.24, 2.45) is 17.8 Å². The van der Waals surface area contributed by atoms with Crippen molar-refractivity contribution in [1.82, 2.24) is 10.3 Å². The molecule has 27 heavy (non-hydrogen) atoms. The molecule has 4 saturated carbocycles. The standard InChI is InChI=1S/C21H24ClN3OS/c22-20-24-12-18(27-20)11-23-17-3-1-2-16(7-17)19(26)25-21-8-13-4-14(9-21)6-15(5-13)10-21/h1-3,7,12-15,23H,4-6,8-11H2,(H,25,26). The molecule has 0 unspecified atom stereocenters. The molecule has 2 aromatic rings. The summed E-state index contributed by atoms with van der Waals surface area (Å²) < 4.78 is 0.551. The van der Waals surface area contributed by atoms with Gasteiger partial charge in [-0.05, 0) is 74.5 Å². The molecule has 0 aliphatic heterocycles. The number of rotatable bonds is 5. The first-order chi connectivity index (χ1) is 13.1. The van der Waals surface area contributed by atoms with E-state index in [1.54, 1.807) is 6.20 Å². The SMILES string of the molecule is O=C(NC12CC3CC(CC(C3)C1)C2)c1cccc(NCc2cnc(Cl)s2)c1. The summed E-state index contributed by atoms with van der Waals surface area (Å²) in [5, 5.41) is 6.81. The van der Waals surface area contributed by atoms with Crippen molar-refractivity contribution in [3.63, 3.8) is 0 Å². The van der Waals surface area contributed by atoms with E-state index in [4.69, 9.17) is 11.6 Å². The third-order valence-corrected chi connectivity index (χ3v) is 7.65. The maximum absolute atomic E-state index is 13.0. The predicted molar refractivity (Wildman–Crippen MR) is 109 cm³/mol. The van der Waals surface area contributed by atoms with Crippen molar-refractivity contribution in [3.8, 4) is 0 Å². The summed E-state index contributed by atoms with van der Waals surface area (Å²) in [6, 6.07) is 7.78. The summed E-state index contributed by atoms with van der Waals surface area (Å²) in [4.78, 5) is 18.1. The van der Waals surface area contributed by atoms with Crippen LogP contribution >= 0.6 is 22.9 Å². The van der Waals surface area contributed by atoms with Crippen LogP contribution in [0.1, 0.15) is 53.8 Å². The molecule has 4 aliphatic rings. The highest BCUT2D eigenvalue weighted by Crippen LogP contribution is 2.55. The van der Waals surface area contributed by atoms with Gasteiger partial charge < -0.3 is 10.6 Å². The topological polar surface area (TPSA) is 54.0 Å². The van der Waals surface area contributed by atoms with E-state index in [2.05, 4.69) is 15.6 Å². The van der Waals surface area contributed by atoms with E-state index in [-0.39, 0.29) is 11.4 Å². The second kappa shape index (κ2) is 6.78. The summed E-state index contributed by atoms with van der Waals surface area (Å²) in [7, 11) is 0. The molecule has 4 nitrogen and oxygen atoms in total. The Bertz CT molecular complexity index is 829. The average molecular weight is 402 g/mol. The molecule has 142 valence electrons. The van der Waals surface area contributed by atoms with Crippen LogP contribution in [-0.4, -0.2) is 16.4 Å². The van der Waals surface area contributed by atoms with E-state index in [0.29, 0.717) is 11.0 Å². The molecule has 0 radical (unpaired) electrons. The second-order valence-electron chi connectivity index (χ2n) is 8.67. The molecule has 1 aromatic carbocycles. The molecule has 0 saturated heterocycles. The summed E-state index contributed by atoms with van der Waals surface area (Å²) >= 11 is 7.35. The maximum Gasteiger partial charge on any atom is 0.251 e. The van der Waals surface area contributed by atoms with Gasteiger partial charge in [-0.1, -0.05) is 17.7 Å². The Kier molecular flexibility index (Phi) is 4.40. The van der Waals surface area contributed by atoms with Crippen molar-refractivity contribution in [1.29, 1.82) is 0 Å². The molecule has 1 aromatic heterocycles. The van der Waals surface area contributed by atoms with Crippen LogP contribution in [-0.2, 0) is 6.54 Å². The molecule has 2 N–H and O–H groups in total. The van der Waals surface area contributed by atoms with Gasteiger partial charge in [-0.3, -0.25) is 4.79 Å².